The van der Waals surface area contributed by atoms with E-state index in [1.807, 2.05) is 96.2 Å². The summed E-state index contributed by atoms with van der Waals surface area (Å²) < 4.78 is 0. The summed E-state index contributed by atoms with van der Waals surface area (Å²) in [6.07, 6.45) is 21.1. The average molecular weight is 599 g/mol. The Morgan fingerprint density at radius 3 is 1.89 bits per heavy atom. The van der Waals surface area contributed by atoms with Gasteiger partial charge in [0.25, 0.3) is 0 Å². The largest absolute Gasteiger partial charge is 0.393 e. The van der Waals surface area contributed by atoms with Crippen LogP contribution >= 0.6 is 0 Å². The quantitative estimate of drug-likeness (QED) is 0.114. The van der Waals surface area contributed by atoms with Gasteiger partial charge in [-0.05, 0) is 76.9 Å². The van der Waals surface area contributed by atoms with Crippen LogP contribution in [0.4, 0.5) is 0 Å². The van der Waals surface area contributed by atoms with Gasteiger partial charge in [0.2, 0.25) is 0 Å². The van der Waals surface area contributed by atoms with Crippen molar-refractivity contribution >= 4 is 11.6 Å². The van der Waals surface area contributed by atoms with Gasteiger partial charge in [-0.3, -0.25) is 9.59 Å². The van der Waals surface area contributed by atoms with Gasteiger partial charge >= 0.3 is 0 Å². The molecule has 0 spiro atoms. The molecule has 4 heteroatoms. The van der Waals surface area contributed by atoms with Crippen LogP contribution in [-0.4, -0.2) is 34.0 Å². The fraction of sp³-hybridized carbons (Fsp3) is 0.500. The molecule has 0 aromatic rings. The Morgan fingerprint density at radius 2 is 1.36 bits per heavy atom. The lowest BCUT2D eigenvalue weighted by Crippen LogP contribution is -2.38. The molecule has 0 aliphatic heterocycles. The molecular weight excluding hydrogens is 544 g/mol. The Kier molecular flexibility index (Phi) is 13.1. The molecular formula is C40H54O4. The summed E-state index contributed by atoms with van der Waals surface area (Å²) in [6, 6.07) is 0. The summed E-state index contributed by atoms with van der Waals surface area (Å²) in [6.45, 7) is 20.0. The zero-order chi connectivity index (χ0) is 33.3. The molecule has 0 aromatic carbocycles. The van der Waals surface area contributed by atoms with E-state index in [4.69, 9.17) is 0 Å². The number of aliphatic hydroxyl groups is 2. The standard InChI is InChI=1S/C40H54O4/c1-28(17-13-18-30(3)21-22-35-32(5)23-33(41)25-38(35,6)7)15-11-12-16-29(2)19-14-20-31(4)36(43)24-37(44)40(10)27-34(42)26-39(40,8)9/h11-20,33-34,41-42H,23-27H2,1-10H3/t33-,34+,40+/m1/s1. The molecule has 0 bridgehead atoms. The van der Waals surface area contributed by atoms with E-state index in [9.17, 15) is 19.8 Å². The third-order valence-corrected chi connectivity index (χ3v) is 9.28. The highest BCUT2D eigenvalue weighted by Gasteiger charge is 2.53. The van der Waals surface area contributed by atoms with Crippen LogP contribution in [0.5, 0.6) is 0 Å². The summed E-state index contributed by atoms with van der Waals surface area (Å²) in [4.78, 5) is 25.7. The number of ketones is 2. The van der Waals surface area contributed by atoms with Gasteiger partial charge < -0.3 is 10.2 Å². The molecule has 0 heterocycles. The second kappa shape index (κ2) is 15.6. The van der Waals surface area contributed by atoms with E-state index in [2.05, 4.69) is 32.6 Å². The molecule has 2 N–H and O–H groups in total. The predicted octanol–water partition coefficient (Wildman–Crippen LogP) is 8.66. The number of carbonyl (C=O) groups is 2. The molecule has 2 aliphatic rings. The molecule has 2 rings (SSSR count). The van der Waals surface area contributed by atoms with Crippen LogP contribution in [0.15, 0.2) is 94.2 Å². The number of Topliss-reactive ketones (excluding diaryl/α,β-unsaturated/α-hetero) is 2. The Bertz CT molecular complexity index is 1400. The van der Waals surface area contributed by atoms with E-state index < -0.39 is 11.5 Å². The number of allylic oxidation sites excluding steroid dienone is 15. The first-order chi connectivity index (χ1) is 20.4. The SMILES string of the molecule is CC(C#CC1=C(C)C[C@@H](O)CC1(C)C)=CC=CC(C)=CC=CC=C(C)C=CC=C(C)C(=O)CC(=O)[C@]1(C)C[C@@H](O)CC1(C)C. The van der Waals surface area contributed by atoms with Gasteiger partial charge in [-0.15, -0.1) is 0 Å². The topological polar surface area (TPSA) is 74.6 Å². The number of hydrogen-bond donors (Lipinski definition) is 2. The van der Waals surface area contributed by atoms with E-state index in [0.29, 0.717) is 24.8 Å². The van der Waals surface area contributed by atoms with Crippen molar-refractivity contribution in [3.8, 4) is 11.8 Å². The van der Waals surface area contributed by atoms with Crippen molar-refractivity contribution in [3.05, 3.63) is 94.2 Å². The number of hydrogen-bond acceptors (Lipinski definition) is 4. The van der Waals surface area contributed by atoms with Gasteiger partial charge in [0.05, 0.1) is 18.6 Å². The Balaban J connectivity index is 1.90. The van der Waals surface area contributed by atoms with Crippen molar-refractivity contribution in [2.45, 2.75) is 114 Å². The lowest BCUT2D eigenvalue weighted by molar-refractivity contribution is -0.135. The van der Waals surface area contributed by atoms with Crippen molar-refractivity contribution in [1.82, 2.24) is 0 Å². The van der Waals surface area contributed by atoms with E-state index >= 15 is 0 Å². The molecule has 1 fully saturated rings. The minimum absolute atomic E-state index is 0.0889. The molecule has 238 valence electrons. The first-order valence-corrected chi connectivity index (χ1v) is 15.7. The van der Waals surface area contributed by atoms with Crippen molar-refractivity contribution in [1.29, 1.82) is 0 Å². The number of carbonyl (C=O) groups excluding carboxylic acids is 2. The number of aliphatic hydroxyl groups excluding tert-OH is 2. The maximum atomic E-state index is 13.0. The summed E-state index contributed by atoms with van der Waals surface area (Å²) in [5.41, 5.74) is 4.87. The molecule has 0 saturated heterocycles. The van der Waals surface area contributed by atoms with Crippen LogP contribution in [0.1, 0.15) is 101 Å². The first-order valence-electron chi connectivity index (χ1n) is 15.7. The van der Waals surface area contributed by atoms with Crippen LogP contribution in [0.2, 0.25) is 0 Å². The van der Waals surface area contributed by atoms with Gasteiger partial charge in [-0.1, -0.05) is 124 Å². The molecule has 0 radical (unpaired) electrons. The molecule has 0 amide bonds. The molecule has 1 saturated carbocycles. The maximum absolute atomic E-state index is 13.0. The van der Waals surface area contributed by atoms with Crippen LogP contribution < -0.4 is 0 Å². The van der Waals surface area contributed by atoms with Crippen molar-refractivity contribution < 1.29 is 19.8 Å². The lowest BCUT2D eigenvalue weighted by Gasteiger charge is -2.36. The lowest BCUT2D eigenvalue weighted by atomic mass is 9.66. The smallest absolute Gasteiger partial charge is 0.165 e. The van der Waals surface area contributed by atoms with E-state index in [-0.39, 0.29) is 34.9 Å². The summed E-state index contributed by atoms with van der Waals surface area (Å²) >= 11 is 0. The number of rotatable bonds is 10. The summed E-state index contributed by atoms with van der Waals surface area (Å²) in [5, 5.41) is 20.2. The van der Waals surface area contributed by atoms with Gasteiger partial charge in [0, 0.05) is 16.4 Å². The second-order valence-corrected chi connectivity index (χ2v) is 14.3. The van der Waals surface area contributed by atoms with Crippen LogP contribution in [0, 0.1) is 28.1 Å². The molecule has 0 unspecified atom stereocenters. The fourth-order valence-electron chi connectivity index (χ4n) is 6.19. The normalized spacial score (nSPS) is 26.5. The van der Waals surface area contributed by atoms with Gasteiger partial charge in [0.15, 0.2) is 5.78 Å². The van der Waals surface area contributed by atoms with E-state index in [1.165, 1.54) is 5.57 Å². The van der Waals surface area contributed by atoms with Crippen LogP contribution in [0.25, 0.3) is 0 Å². The van der Waals surface area contributed by atoms with Gasteiger partial charge in [-0.25, -0.2) is 0 Å². The van der Waals surface area contributed by atoms with E-state index in [0.717, 1.165) is 28.7 Å². The van der Waals surface area contributed by atoms with Crippen molar-refractivity contribution in [2.75, 3.05) is 0 Å². The molecule has 4 nitrogen and oxygen atoms in total. The Hall–Kier alpha value is -3.26. The highest BCUT2D eigenvalue weighted by Crippen LogP contribution is 2.53. The monoisotopic (exact) mass is 598 g/mol. The van der Waals surface area contributed by atoms with Crippen LogP contribution in [-0.2, 0) is 9.59 Å². The zero-order valence-electron chi connectivity index (χ0n) is 28.7. The van der Waals surface area contributed by atoms with Crippen molar-refractivity contribution in [2.24, 2.45) is 16.2 Å². The predicted molar refractivity (Wildman–Crippen MR) is 184 cm³/mol. The zero-order valence-corrected chi connectivity index (χ0v) is 28.7. The van der Waals surface area contributed by atoms with Gasteiger partial charge in [0.1, 0.15) is 5.78 Å². The highest BCUT2D eigenvalue weighted by atomic mass is 16.3. The minimum Gasteiger partial charge on any atom is -0.393 e. The fourth-order valence-corrected chi connectivity index (χ4v) is 6.19. The first kappa shape index (κ1) is 36.9. The molecule has 44 heavy (non-hydrogen) atoms. The Morgan fingerprint density at radius 1 is 0.795 bits per heavy atom. The Labute approximate surface area is 266 Å². The molecule has 0 aromatic heterocycles. The third-order valence-electron chi connectivity index (χ3n) is 9.28. The summed E-state index contributed by atoms with van der Waals surface area (Å²) in [7, 11) is 0. The minimum atomic E-state index is -0.688. The molecule has 2 aliphatic carbocycles. The van der Waals surface area contributed by atoms with Gasteiger partial charge in [-0.2, -0.15) is 0 Å². The van der Waals surface area contributed by atoms with E-state index in [1.54, 1.807) is 13.0 Å². The third kappa shape index (κ3) is 10.4. The molecule has 3 atom stereocenters. The summed E-state index contributed by atoms with van der Waals surface area (Å²) in [5.74, 6) is 6.37. The maximum Gasteiger partial charge on any atom is 0.165 e. The average Bonchev–Trinajstić information content (AvgIpc) is 3.11. The van der Waals surface area contributed by atoms with Crippen molar-refractivity contribution in [3.63, 3.8) is 0 Å². The van der Waals surface area contributed by atoms with Crippen LogP contribution in [0.3, 0.4) is 0 Å². The second-order valence-electron chi connectivity index (χ2n) is 14.3. The highest BCUT2D eigenvalue weighted by molar-refractivity contribution is 6.09.